The van der Waals surface area contributed by atoms with Crippen molar-refractivity contribution in [1.29, 1.82) is 0 Å². The van der Waals surface area contributed by atoms with Gasteiger partial charge in [-0.05, 0) is 12.5 Å². The van der Waals surface area contributed by atoms with E-state index in [9.17, 15) is 4.79 Å². The predicted molar refractivity (Wildman–Crippen MR) is 46.6 cm³/mol. The highest BCUT2D eigenvalue weighted by atomic mass is 16.6. The number of methoxy groups -OCH3 is 1. The molecule has 2 saturated heterocycles. The van der Waals surface area contributed by atoms with Gasteiger partial charge in [0.05, 0.1) is 20.3 Å². The minimum atomic E-state index is -0.371. The van der Waals surface area contributed by atoms with E-state index in [1.165, 1.54) is 7.11 Å². The van der Waals surface area contributed by atoms with E-state index in [4.69, 9.17) is 14.2 Å². The molecule has 3 heterocycles. The molecule has 14 heavy (non-hydrogen) atoms. The third kappa shape index (κ3) is 0.875. The maximum atomic E-state index is 11.7. The van der Waals surface area contributed by atoms with Gasteiger partial charge < -0.3 is 14.2 Å². The lowest BCUT2D eigenvalue weighted by Crippen LogP contribution is -2.39. The molecule has 0 aromatic rings. The first kappa shape index (κ1) is 8.44. The Morgan fingerprint density at radius 1 is 1.64 bits per heavy atom. The second-order valence-electron chi connectivity index (χ2n) is 4.09. The van der Waals surface area contributed by atoms with E-state index in [-0.39, 0.29) is 17.5 Å². The third-order valence-corrected chi connectivity index (χ3v) is 3.33. The van der Waals surface area contributed by atoms with Gasteiger partial charge in [0, 0.05) is 5.92 Å². The van der Waals surface area contributed by atoms with Crippen molar-refractivity contribution in [2.24, 2.45) is 5.92 Å². The second-order valence-corrected chi connectivity index (χ2v) is 4.09. The lowest BCUT2D eigenvalue weighted by Gasteiger charge is -2.28. The van der Waals surface area contributed by atoms with Crippen molar-refractivity contribution in [3.63, 3.8) is 0 Å². The summed E-state index contributed by atoms with van der Waals surface area (Å²) in [6, 6.07) is 0. The van der Waals surface area contributed by atoms with Crippen LogP contribution in [0.15, 0.2) is 11.8 Å². The molecule has 1 spiro atoms. The van der Waals surface area contributed by atoms with Crippen molar-refractivity contribution in [3.8, 4) is 0 Å². The van der Waals surface area contributed by atoms with Gasteiger partial charge in [0.25, 0.3) is 0 Å². The average molecular weight is 196 g/mol. The summed E-state index contributed by atoms with van der Waals surface area (Å²) < 4.78 is 16.2. The molecule has 0 saturated carbocycles. The molecule has 4 heteroatoms. The number of carbonyl (C=O) groups is 1. The van der Waals surface area contributed by atoms with Crippen LogP contribution in [-0.4, -0.2) is 37.8 Å². The second kappa shape index (κ2) is 2.58. The SMILES string of the molecule is COC1=C[C@@]23COC[C@@H]2C[C@H](O3)C1=O. The van der Waals surface area contributed by atoms with Crippen molar-refractivity contribution in [3.05, 3.63) is 11.8 Å². The summed E-state index contributed by atoms with van der Waals surface area (Å²) in [5.41, 5.74) is -0.371. The largest absolute Gasteiger partial charge is 0.493 e. The molecule has 0 aromatic carbocycles. The quantitative estimate of drug-likeness (QED) is 0.604. The van der Waals surface area contributed by atoms with Crippen LogP contribution >= 0.6 is 0 Å². The Hall–Kier alpha value is -0.870. The van der Waals surface area contributed by atoms with E-state index in [1.54, 1.807) is 6.08 Å². The predicted octanol–water partition coefficient (Wildman–Crippen LogP) is 0.273. The summed E-state index contributed by atoms with van der Waals surface area (Å²) in [5.74, 6) is 0.742. The Morgan fingerprint density at radius 3 is 3.29 bits per heavy atom. The van der Waals surface area contributed by atoms with E-state index in [1.807, 2.05) is 0 Å². The van der Waals surface area contributed by atoms with Gasteiger partial charge in [0.1, 0.15) is 11.7 Å². The van der Waals surface area contributed by atoms with Crippen LogP contribution in [0.4, 0.5) is 0 Å². The van der Waals surface area contributed by atoms with Gasteiger partial charge in [-0.2, -0.15) is 0 Å². The lowest BCUT2D eigenvalue weighted by molar-refractivity contribution is -0.136. The summed E-state index contributed by atoms with van der Waals surface area (Å²) in [5, 5.41) is 0. The Balaban J connectivity index is 2.05. The smallest absolute Gasteiger partial charge is 0.225 e. The molecule has 0 amide bonds. The fourth-order valence-corrected chi connectivity index (χ4v) is 2.55. The highest BCUT2D eigenvalue weighted by Gasteiger charge is 2.57. The van der Waals surface area contributed by atoms with E-state index >= 15 is 0 Å². The average Bonchev–Trinajstić information content (AvgIpc) is 2.66. The minimum absolute atomic E-state index is 0.0208. The molecule has 0 aromatic heterocycles. The summed E-state index contributed by atoms with van der Waals surface area (Å²) in [6.45, 7) is 1.24. The first-order chi connectivity index (χ1) is 6.75. The maximum Gasteiger partial charge on any atom is 0.225 e. The van der Waals surface area contributed by atoms with Crippen LogP contribution in [0.1, 0.15) is 6.42 Å². The highest BCUT2D eigenvalue weighted by molar-refractivity contribution is 5.98. The van der Waals surface area contributed by atoms with Crippen LogP contribution in [0.2, 0.25) is 0 Å². The molecule has 2 bridgehead atoms. The van der Waals surface area contributed by atoms with Gasteiger partial charge in [0.2, 0.25) is 5.78 Å². The third-order valence-electron chi connectivity index (χ3n) is 3.33. The lowest BCUT2D eigenvalue weighted by atomic mass is 9.91. The van der Waals surface area contributed by atoms with Crippen LogP contribution in [0.25, 0.3) is 0 Å². The molecule has 3 rings (SSSR count). The van der Waals surface area contributed by atoms with Crippen molar-refractivity contribution >= 4 is 5.78 Å². The Morgan fingerprint density at radius 2 is 2.50 bits per heavy atom. The molecule has 0 N–H and O–H groups in total. The van der Waals surface area contributed by atoms with E-state index < -0.39 is 0 Å². The number of ketones is 1. The molecule has 3 atom stereocenters. The molecule has 2 fully saturated rings. The van der Waals surface area contributed by atoms with Gasteiger partial charge in [-0.25, -0.2) is 0 Å². The van der Waals surface area contributed by atoms with Gasteiger partial charge in [-0.15, -0.1) is 0 Å². The Bertz CT molecular complexity index is 322. The Kier molecular flexibility index (Phi) is 1.56. The molecule has 4 nitrogen and oxygen atoms in total. The molecular weight excluding hydrogens is 184 g/mol. The topological polar surface area (TPSA) is 44.8 Å². The fraction of sp³-hybridized carbons (Fsp3) is 0.700. The van der Waals surface area contributed by atoms with Crippen molar-refractivity contribution in [2.75, 3.05) is 20.3 Å². The summed E-state index contributed by atoms with van der Waals surface area (Å²) in [7, 11) is 1.52. The molecule has 0 aliphatic carbocycles. The standard InChI is InChI=1S/C10H12O4/c1-12-8-3-10-5-13-4-6(10)2-7(14-10)9(8)11/h3,6-7H,2,4-5H2,1H3/t6-,7-,10+/m0/s1. The van der Waals surface area contributed by atoms with Gasteiger partial charge in [-0.3, -0.25) is 4.79 Å². The van der Waals surface area contributed by atoms with Crippen molar-refractivity contribution in [1.82, 2.24) is 0 Å². The van der Waals surface area contributed by atoms with Crippen LogP contribution in [-0.2, 0) is 19.0 Å². The number of rotatable bonds is 1. The van der Waals surface area contributed by atoms with Crippen LogP contribution < -0.4 is 0 Å². The van der Waals surface area contributed by atoms with Crippen molar-refractivity contribution in [2.45, 2.75) is 18.1 Å². The molecule has 3 aliphatic heterocycles. The van der Waals surface area contributed by atoms with Crippen LogP contribution in [0.5, 0.6) is 0 Å². The fourth-order valence-electron chi connectivity index (χ4n) is 2.55. The van der Waals surface area contributed by atoms with Gasteiger partial charge in [0.15, 0.2) is 5.76 Å². The van der Waals surface area contributed by atoms with Crippen molar-refractivity contribution < 1.29 is 19.0 Å². The zero-order valence-electron chi connectivity index (χ0n) is 7.99. The number of hydrogen-bond acceptors (Lipinski definition) is 4. The number of Topliss-reactive ketones (excluding diaryl/α,β-unsaturated/α-hetero) is 1. The first-order valence-electron chi connectivity index (χ1n) is 4.82. The van der Waals surface area contributed by atoms with Crippen LogP contribution in [0, 0.1) is 5.92 Å². The summed E-state index contributed by atoms with van der Waals surface area (Å²) in [4.78, 5) is 11.7. The molecule has 3 aliphatic rings. The number of fused-ring (bicyclic) bond motifs is 1. The normalized spacial score (nSPS) is 44.9. The van der Waals surface area contributed by atoms with Gasteiger partial charge >= 0.3 is 0 Å². The zero-order chi connectivity index (χ0) is 9.76. The Labute approximate surface area is 81.8 Å². The molecular formula is C10H12O4. The number of carbonyl (C=O) groups excluding carboxylic acids is 1. The summed E-state index contributed by atoms with van der Waals surface area (Å²) >= 11 is 0. The zero-order valence-corrected chi connectivity index (χ0v) is 7.99. The number of ether oxygens (including phenoxy) is 3. The molecule has 0 unspecified atom stereocenters. The number of hydrogen-bond donors (Lipinski definition) is 0. The first-order valence-corrected chi connectivity index (χ1v) is 4.82. The molecule has 76 valence electrons. The minimum Gasteiger partial charge on any atom is -0.493 e. The monoisotopic (exact) mass is 196 g/mol. The molecule has 0 radical (unpaired) electrons. The summed E-state index contributed by atoms with van der Waals surface area (Å²) in [6.07, 6.45) is 2.27. The van der Waals surface area contributed by atoms with Gasteiger partial charge in [-0.1, -0.05) is 0 Å². The van der Waals surface area contributed by atoms with E-state index in [0.717, 1.165) is 6.42 Å². The van der Waals surface area contributed by atoms with E-state index in [0.29, 0.717) is 24.9 Å². The van der Waals surface area contributed by atoms with E-state index in [2.05, 4.69) is 0 Å². The maximum absolute atomic E-state index is 11.7. The van der Waals surface area contributed by atoms with Crippen LogP contribution in [0.3, 0.4) is 0 Å². The highest BCUT2D eigenvalue weighted by Crippen LogP contribution is 2.46.